The fraction of sp³-hybridized carbons (Fsp3) is 0.286. The number of nitrogens with zero attached hydrogens (tertiary/aromatic N) is 3. The zero-order valence-electron chi connectivity index (χ0n) is 16.3. The van der Waals surface area contributed by atoms with E-state index in [1.807, 2.05) is 6.92 Å². The van der Waals surface area contributed by atoms with E-state index < -0.39 is 23.2 Å². The van der Waals surface area contributed by atoms with Gasteiger partial charge in [0.1, 0.15) is 5.82 Å². The molecule has 158 valence electrons. The van der Waals surface area contributed by atoms with E-state index in [1.165, 1.54) is 29.3 Å². The summed E-state index contributed by atoms with van der Waals surface area (Å²) in [5.41, 5.74) is -0.951. The second-order valence-electron chi connectivity index (χ2n) is 6.73. The molecule has 1 aromatic heterocycles. The molecule has 0 saturated carbocycles. The van der Waals surface area contributed by atoms with Crippen molar-refractivity contribution in [2.75, 3.05) is 24.7 Å². The Bertz CT molecular complexity index is 942. The van der Waals surface area contributed by atoms with Gasteiger partial charge in [-0.2, -0.15) is 13.2 Å². The minimum Gasteiger partial charge on any atom is -0.352 e. The van der Waals surface area contributed by atoms with Crippen LogP contribution in [-0.2, 0) is 6.18 Å². The Morgan fingerprint density at radius 2 is 1.93 bits per heavy atom. The number of aromatic nitrogens is 1. The molecule has 30 heavy (non-hydrogen) atoms. The lowest BCUT2D eigenvalue weighted by Gasteiger charge is -2.32. The maximum Gasteiger partial charge on any atom is 0.417 e. The van der Waals surface area contributed by atoms with Crippen LogP contribution in [0.4, 0.5) is 19.0 Å². The molecule has 9 heteroatoms. The highest BCUT2D eigenvalue weighted by molar-refractivity contribution is 5.96. The van der Waals surface area contributed by atoms with Gasteiger partial charge in [0.25, 0.3) is 11.8 Å². The standard InChI is InChI=1S/C21H21F3N4O2/c1-2-10-25-19(29)15-8-9-18(26-13-15)27-11-5-12-28(14-27)20(30)16-6-3-4-7-17(16)21(22,23)24/h3-9,11,13H,2,10,12,14H2,1H3,(H,25,29). The van der Waals surface area contributed by atoms with E-state index in [4.69, 9.17) is 0 Å². The molecule has 1 aliphatic rings. The van der Waals surface area contributed by atoms with Crippen LogP contribution in [0.25, 0.3) is 0 Å². The van der Waals surface area contributed by atoms with Gasteiger partial charge in [-0.25, -0.2) is 4.98 Å². The van der Waals surface area contributed by atoms with E-state index in [0.717, 1.165) is 12.5 Å². The van der Waals surface area contributed by atoms with Crippen molar-refractivity contribution in [2.24, 2.45) is 0 Å². The van der Waals surface area contributed by atoms with Gasteiger partial charge in [0.05, 0.1) is 23.4 Å². The number of anilines is 1. The molecule has 2 aromatic rings. The van der Waals surface area contributed by atoms with Gasteiger partial charge in [-0.3, -0.25) is 9.59 Å². The average molecular weight is 418 g/mol. The van der Waals surface area contributed by atoms with Crippen LogP contribution in [0.1, 0.15) is 39.6 Å². The van der Waals surface area contributed by atoms with Crippen LogP contribution in [0.15, 0.2) is 54.9 Å². The molecule has 1 aliphatic heterocycles. The van der Waals surface area contributed by atoms with Crippen molar-refractivity contribution < 1.29 is 22.8 Å². The highest BCUT2D eigenvalue weighted by Gasteiger charge is 2.36. The molecule has 2 heterocycles. The number of alkyl halides is 3. The number of carbonyl (C=O) groups excluding carboxylic acids is 2. The number of halogens is 3. The van der Waals surface area contributed by atoms with E-state index >= 15 is 0 Å². The van der Waals surface area contributed by atoms with Crippen LogP contribution in [0, 0.1) is 0 Å². The largest absolute Gasteiger partial charge is 0.417 e. The van der Waals surface area contributed by atoms with E-state index in [-0.39, 0.29) is 19.1 Å². The van der Waals surface area contributed by atoms with E-state index in [0.29, 0.717) is 17.9 Å². The number of amides is 2. The molecule has 2 amide bonds. The SMILES string of the molecule is CCCNC(=O)c1ccc(N2C=CCN(C(=O)c3ccccc3C(F)(F)F)C2)nc1. The van der Waals surface area contributed by atoms with Crippen molar-refractivity contribution in [3.05, 3.63) is 71.6 Å². The van der Waals surface area contributed by atoms with Crippen LogP contribution < -0.4 is 10.2 Å². The quantitative estimate of drug-likeness (QED) is 0.805. The molecule has 0 aliphatic carbocycles. The summed E-state index contributed by atoms with van der Waals surface area (Å²) in [6.07, 6.45) is 0.998. The van der Waals surface area contributed by atoms with Crippen molar-refractivity contribution in [1.82, 2.24) is 15.2 Å². The Morgan fingerprint density at radius 3 is 2.60 bits per heavy atom. The lowest BCUT2D eigenvalue weighted by Crippen LogP contribution is -2.43. The van der Waals surface area contributed by atoms with E-state index in [2.05, 4.69) is 10.3 Å². The molecule has 0 atom stereocenters. The van der Waals surface area contributed by atoms with Crippen molar-refractivity contribution >= 4 is 17.6 Å². The van der Waals surface area contributed by atoms with Crippen molar-refractivity contribution in [3.63, 3.8) is 0 Å². The summed E-state index contributed by atoms with van der Waals surface area (Å²) in [7, 11) is 0. The summed E-state index contributed by atoms with van der Waals surface area (Å²) in [5.74, 6) is -0.474. The molecule has 6 nitrogen and oxygen atoms in total. The lowest BCUT2D eigenvalue weighted by atomic mass is 10.1. The van der Waals surface area contributed by atoms with Gasteiger partial charge >= 0.3 is 6.18 Å². The Labute approximate surface area is 172 Å². The highest BCUT2D eigenvalue weighted by Crippen LogP contribution is 2.32. The highest BCUT2D eigenvalue weighted by atomic mass is 19.4. The third-order valence-electron chi connectivity index (χ3n) is 4.52. The molecular weight excluding hydrogens is 397 g/mol. The van der Waals surface area contributed by atoms with Crippen molar-refractivity contribution in [2.45, 2.75) is 19.5 Å². The first kappa shape index (κ1) is 21.4. The monoisotopic (exact) mass is 418 g/mol. The molecule has 1 aromatic carbocycles. The summed E-state index contributed by atoms with van der Waals surface area (Å²) < 4.78 is 39.8. The maximum absolute atomic E-state index is 13.3. The van der Waals surface area contributed by atoms with Gasteiger partial charge in [-0.15, -0.1) is 0 Å². The molecule has 0 fully saturated rings. The zero-order chi connectivity index (χ0) is 21.7. The van der Waals surface area contributed by atoms with Gasteiger partial charge in [-0.1, -0.05) is 19.1 Å². The predicted molar refractivity (Wildman–Crippen MR) is 106 cm³/mol. The zero-order valence-corrected chi connectivity index (χ0v) is 16.3. The third-order valence-corrected chi connectivity index (χ3v) is 4.52. The molecule has 0 spiro atoms. The topological polar surface area (TPSA) is 65.5 Å². The number of benzene rings is 1. The van der Waals surface area contributed by atoms with Crippen molar-refractivity contribution in [3.8, 4) is 0 Å². The van der Waals surface area contributed by atoms with Crippen LogP contribution in [0.3, 0.4) is 0 Å². The van der Waals surface area contributed by atoms with Crippen LogP contribution in [0.5, 0.6) is 0 Å². The number of pyridine rings is 1. The van der Waals surface area contributed by atoms with Gasteiger partial charge in [0.15, 0.2) is 0 Å². The third kappa shape index (κ3) is 4.79. The van der Waals surface area contributed by atoms with Gasteiger partial charge in [0.2, 0.25) is 0 Å². The van der Waals surface area contributed by atoms with Gasteiger partial charge < -0.3 is 15.1 Å². The smallest absolute Gasteiger partial charge is 0.352 e. The lowest BCUT2D eigenvalue weighted by molar-refractivity contribution is -0.138. The van der Waals surface area contributed by atoms with Crippen LogP contribution >= 0.6 is 0 Å². The van der Waals surface area contributed by atoms with Crippen LogP contribution in [-0.4, -0.2) is 41.5 Å². The number of carbonyl (C=O) groups is 2. The first-order chi connectivity index (χ1) is 14.3. The molecule has 1 N–H and O–H groups in total. The van der Waals surface area contributed by atoms with Gasteiger partial charge in [0, 0.05) is 25.5 Å². The number of nitrogens with one attached hydrogen (secondary N) is 1. The Morgan fingerprint density at radius 1 is 1.17 bits per heavy atom. The Kier molecular flexibility index (Phi) is 6.39. The fourth-order valence-corrected chi connectivity index (χ4v) is 3.00. The molecular formula is C21H21F3N4O2. The molecule has 0 unspecified atom stereocenters. The number of rotatable bonds is 5. The molecule has 0 saturated heterocycles. The second-order valence-corrected chi connectivity index (χ2v) is 6.73. The minimum absolute atomic E-state index is 0.0376. The summed E-state index contributed by atoms with van der Waals surface area (Å²) in [6.45, 7) is 2.73. The van der Waals surface area contributed by atoms with Crippen LogP contribution in [0.2, 0.25) is 0 Å². The summed E-state index contributed by atoms with van der Waals surface area (Å²) >= 11 is 0. The summed E-state index contributed by atoms with van der Waals surface area (Å²) in [4.78, 5) is 31.9. The van der Waals surface area contributed by atoms with E-state index in [1.54, 1.807) is 29.3 Å². The maximum atomic E-state index is 13.3. The first-order valence-corrected chi connectivity index (χ1v) is 9.44. The summed E-state index contributed by atoms with van der Waals surface area (Å²) in [6, 6.07) is 7.97. The number of hydrogen-bond acceptors (Lipinski definition) is 4. The fourth-order valence-electron chi connectivity index (χ4n) is 3.00. The average Bonchev–Trinajstić information content (AvgIpc) is 2.76. The first-order valence-electron chi connectivity index (χ1n) is 9.44. The minimum atomic E-state index is -4.62. The normalized spacial score (nSPS) is 14.0. The molecule has 3 rings (SSSR count). The number of hydrogen-bond donors (Lipinski definition) is 1. The molecule has 0 bridgehead atoms. The summed E-state index contributed by atoms with van der Waals surface area (Å²) in [5, 5.41) is 2.75. The van der Waals surface area contributed by atoms with E-state index in [9.17, 15) is 22.8 Å². The van der Waals surface area contributed by atoms with Gasteiger partial charge in [-0.05, 0) is 36.8 Å². The Hall–Kier alpha value is -3.36. The van der Waals surface area contributed by atoms with Crippen molar-refractivity contribution in [1.29, 1.82) is 0 Å². The second kappa shape index (κ2) is 8.98. The molecule has 0 radical (unpaired) electrons. The predicted octanol–water partition coefficient (Wildman–Crippen LogP) is 3.67. The Balaban J connectivity index is 1.75.